The predicted molar refractivity (Wildman–Crippen MR) is 79.4 cm³/mol. The van der Waals surface area contributed by atoms with Crippen LogP contribution in [0, 0.1) is 6.92 Å². The second-order valence-electron chi connectivity index (χ2n) is 5.47. The average molecular weight is 270 g/mol. The highest BCUT2D eigenvalue weighted by Crippen LogP contribution is 2.30. The molecular formula is C16H22N4. The molecule has 1 aliphatic heterocycles. The lowest BCUT2D eigenvalue weighted by Gasteiger charge is -2.24. The van der Waals surface area contributed by atoms with Gasteiger partial charge in [0.25, 0.3) is 0 Å². The van der Waals surface area contributed by atoms with Crippen LogP contribution >= 0.6 is 0 Å². The summed E-state index contributed by atoms with van der Waals surface area (Å²) < 4.78 is 2.23. The van der Waals surface area contributed by atoms with Gasteiger partial charge in [0.2, 0.25) is 0 Å². The molecule has 1 aliphatic rings. The lowest BCUT2D eigenvalue weighted by Crippen LogP contribution is -2.25. The van der Waals surface area contributed by atoms with Gasteiger partial charge in [-0.25, -0.2) is 4.98 Å². The van der Waals surface area contributed by atoms with Crippen molar-refractivity contribution in [2.75, 3.05) is 13.1 Å². The zero-order valence-electron chi connectivity index (χ0n) is 12.1. The van der Waals surface area contributed by atoms with Gasteiger partial charge < -0.3 is 4.57 Å². The summed E-state index contributed by atoms with van der Waals surface area (Å²) in [6.45, 7) is 5.45. The van der Waals surface area contributed by atoms with Crippen molar-refractivity contribution in [1.82, 2.24) is 19.4 Å². The number of aromatic nitrogens is 3. The molecule has 3 rings (SSSR count). The Bertz CT molecular complexity index is 534. The minimum Gasteiger partial charge on any atom is -0.335 e. The van der Waals surface area contributed by atoms with E-state index in [1.807, 2.05) is 18.5 Å². The van der Waals surface area contributed by atoms with E-state index >= 15 is 0 Å². The largest absolute Gasteiger partial charge is 0.335 e. The van der Waals surface area contributed by atoms with Crippen LogP contribution in [-0.2, 0) is 6.54 Å². The quantitative estimate of drug-likeness (QED) is 0.838. The van der Waals surface area contributed by atoms with Crippen LogP contribution in [0.2, 0.25) is 0 Å². The van der Waals surface area contributed by atoms with Crippen LogP contribution in [0.3, 0.4) is 0 Å². The highest BCUT2D eigenvalue weighted by Gasteiger charge is 2.26. The number of aryl methyl sites for hydroxylation is 2. The van der Waals surface area contributed by atoms with Crippen molar-refractivity contribution in [2.45, 2.75) is 38.8 Å². The van der Waals surface area contributed by atoms with E-state index in [0.717, 1.165) is 18.9 Å². The first-order chi connectivity index (χ1) is 9.84. The third-order valence-corrected chi connectivity index (χ3v) is 4.16. The van der Waals surface area contributed by atoms with E-state index in [2.05, 4.69) is 44.7 Å². The summed E-state index contributed by atoms with van der Waals surface area (Å²) in [6.07, 6.45) is 9.53. The van der Waals surface area contributed by atoms with E-state index in [0.29, 0.717) is 6.04 Å². The van der Waals surface area contributed by atoms with Gasteiger partial charge in [-0.05, 0) is 44.9 Å². The van der Waals surface area contributed by atoms with Crippen LogP contribution in [0.15, 0.2) is 36.8 Å². The van der Waals surface area contributed by atoms with Crippen molar-refractivity contribution in [1.29, 1.82) is 0 Å². The standard InChI is InChI=1S/C16H22N4/c1-14-17-9-13-19(14)11-5-12-20-10-4-7-16(20)15-6-2-3-8-18-15/h2-3,6,8-9,13,16H,4-5,7,10-12H2,1H3/t16-/m1/s1. The van der Waals surface area contributed by atoms with Gasteiger partial charge in [0.05, 0.1) is 11.7 Å². The molecule has 0 bridgehead atoms. The van der Waals surface area contributed by atoms with Gasteiger partial charge in [0, 0.05) is 31.7 Å². The summed E-state index contributed by atoms with van der Waals surface area (Å²) in [5, 5.41) is 0. The Morgan fingerprint density at radius 1 is 1.20 bits per heavy atom. The molecule has 0 spiro atoms. The topological polar surface area (TPSA) is 34.0 Å². The van der Waals surface area contributed by atoms with Crippen LogP contribution in [-0.4, -0.2) is 32.5 Å². The average Bonchev–Trinajstić information content (AvgIpc) is 3.10. The molecule has 3 heterocycles. The van der Waals surface area contributed by atoms with Crippen molar-refractivity contribution in [3.8, 4) is 0 Å². The Morgan fingerprint density at radius 3 is 2.90 bits per heavy atom. The number of imidazole rings is 1. The Balaban J connectivity index is 1.56. The van der Waals surface area contributed by atoms with Crippen molar-refractivity contribution in [2.24, 2.45) is 0 Å². The van der Waals surface area contributed by atoms with Crippen molar-refractivity contribution in [3.05, 3.63) is 48.3 Å². The zero-order chi connectivity index (χ0) is 13.8. The third kappa shape index (κ3) is 2.90. The molecule has 0 amide bonds. The van der Waals surface area contributed by atoms with Gasteiger partial charge in [0.1, 0.15) is 5.82 Å². The first-order valence-electron chi connectivity index (χ1n) is 7.47. The normalized spacial score (nSPS) is 19.6. The SMILES string of the molecule is Cc1nccn1CCCN1CCC[C@@H]1c1ccccn1. The monoisotopic (exact) mass is 270 g/mol. The molecule has 0 aliphatic carbocycles. The van der Waals surface area contributed by atoms with E-state index in [1.165, 1.54) is 31.5 Å². The smallest absolute Gasteiger partial charge is 0.105 e. The van der Waals surface area contributed by atoms with Gasteiger partial charge >= 0.3 is 0 Å². The molecule has 0 saturated carbocycles. The van der Waals surface area contributed by atoms with Gasteiger partial charge in [-0.2, -0.15) is 0 Å². The maximum absolute atomic E-state index is 4.53. The predicted octanol–water partition coefficient (Wildman–Crippen LogP) is 2.81. The van der Waals surface area contributed by atoms with Crippen molar-refractivity contribution < 1.29 is 0 Å². The first kappa shape index (κ1) is 13.3. The van der Waals surface area contributed by atoms with Crippen LogP contribution in [0.25, 0.3) is 0 Å². The number of hydrogen-bond donors (Lipinski definition) is 0. The summed E-state index contributed by atoms with van der Waals surface area (Å²) in [7, 11) is 0. The van der Waals surface area contributed by atoms with E-state index in [9.17, 15) is 0 Å². The summed E-state index contributed by atoms with van der Waals surface area (Å²) in [5.74, 6) is 1.10. The van der Waals surface area contributed by atoms with Crippen molar-refractivity contribution in [3.63, 3.8) is 0 Å². The molecule has 1 fully saturated rings. The fourth-order valence-electron chi connectivity index (χ4n) is 3.09. The van der Waals surface area contributed by atoms with Crippen LogP contribution < -0.4 is 0 Å². The molecule has 1 atom stereocenters. The number of nitrogens with zero attached hydrogens (tertiary/aromatic N) is 4. The molecule has 2 aromatic heterocycles. The van der Waals surface area contributed by atoms with E-state index in [4.69, 9.17) is 0 Å². The van der Waals surface area contributed by atoms with E-state index in [1.54, 1.807) is 0 Å². The molecule has 4 heteroatoms. The van der Waals surface area contributed by atoms with Crippen molar-refractivity contribution >= 4 is 0 Å². The number of hydrogen-bond acceptors (Lipinski definition) is 3. The third-order valence-electron chi connectivity index (χ3n) is 4.16. The zero-order valence-corrected chi connectivity index (χ0v) is 12.1. The molecule has 2 aromatic rings. The lowest BCUT2D eigenvalue weighted by molar-refractivity contribution is 0.245. The Hall–Kier alpha value is -1.68. The Morgan fingerprint density at radius 2 is 2.15 bits per heavy atom. The fraction of sp³-hybridized carbons (Fsp3) is 0.500. The summed E-state index contributed by atoms with van der Waals surface area (Å²) in [5.41, 5.74) is 1.23. The Labute approximate surface area is 120 Å². The maximum Gasteiger partial charge on any atom is 0.105 e. The molecule has 20 heavy (non-hydrogen) atoms. The first-order valence-corrected chi connectivity index (χ1v) is 7.47. The number of pyridine rings is 1. The lowest BCUT2D eigenvalue weighted by atomic mass is 10.1. The minimum absolute atomic E-state index is 0.514. The van der Waals surface area contributed by atoms with Crippen LogP contribution in [0.1, 0.15) is 36.8 Å². The van der Waals surface area contributed by atoms with Crippen LogP contribution in [0.4, 0.5) is 0 Å². The molecule has 0 N–H and O–H groups in total. The van der Waals surface area contributed by atoms with Gasteiger partial charge in [-0.3, -0.25) is 9.88 Å². The summed E-state index contributed by atoms with van der Waals surface area (Å²) in [6, 6.07) is 6.75. The Kier molecular flexibility index (Phi) is 4.11. The highest BCUT2D eigenvalue weighted by atomic mass is 15.2. The van der Waals surface area contributed by atoms with Gasteiger partial charge in [-0.1, -0.05) is 6.07 Å². The number of likely N-dealkylation sites (tertiary alicyclic amines) is 1. The molecule has 0 aromatic carbocycles. The van der Waals surface area contributed by atoms with E-state index < -0.39 is 0 Å². The van der Waals surface area contributed by atoms with Gasteiger partial charge in [0.15, 0.2) is 0 Å². The maximum atomic E-state index is 4.53. The van der Waals surface area contributed by atoms with E-state index in [-0.39, 0.29) is 0 Å². The molecule has 0 radical (unpaired) electrons. The van der Waals surface area contributed by atoms with Gasteiger partial charge in [-0.15, -0.1) is 0 Å². The summed E-state index contributed by atoms with van der Waals surface area (Å²) in [4.78, 5) is 11.4. The molecular weight excluding hydrogens is 248 g/mol. The molecule has 0 unspecified atom stereocenters. The molecule has 4 nitrogen and oxygen atoms in total. The van der Waals surface area contributed by atoms with Crippen LogP contribution in [0.5, 0.6) is 0 Å². The second-order valence-corrected chi connectivity index (χ2v) is 5.47. The summed E-state index contributed by atoms with van der Waals surface area (Å²) >= 11 is 0. The number of rotatable bonds is 5. The fourth-order valence-corrected chi connectivity index (χ4v) is 3.09. The molecule has 1 saturated heterocycles. The molecule has 106 valence electrons. The minimum atomic E-state index is 0.514. The highest BCUT2D eigenvalue weighted by molar-refractivity contribution is 5.10. The second kappa shape index (κ2) is 6.18.